The van der Waals surface area contributed by atoms with Gasteiger partial charge in [0.1, 0.15) is 0 Å². The van der Waals surface area contributed by atoms with E-state index in [2.05, 4.69) is 4.72 Å². The zero-order valence-electron chi connectivity index (χ0n) is 10.7. The van der Waals surface area contributed by atoms with Crippen molar-refractivity contribution in [3.8, 4) is 0 Å². The minimum absolute atomic E-state index is 0.168. The Morgan fingerprint density at radius 3 is 2.53 bits per heavy atom. The summed E-state index contributed by atoms with van der Waals surface area (Å²) in [5, 5.41) is 0. The van der Waals surface area contributed by atoms with Gasteiger partial charge in [-0.3, -0.25) is 0 Å². The standard InChI is InChI=1S/C13H17N3O2S/c1-16-8-7-12(10-16)19(17,18)15-9-13(14)11-5-3-2-4-6-11/h2-8,10,13,15H,9,14H2,1H3. The number of sulfonamides is 1. The van der Waals surface area contributed by atoms with Crippen LogP contribution >= 0.6 is 0 Å². The Morgan fingerprint density at radius 2 is 1.95 bits per heavy atom. The van der Waals surface area contributed by atoms with E-state index in [0.29, 0.717) is 0 Å². The van der Waals surface area contributed by atoms with E-state index in [1.165, 1.54) is 0 Å². The monoisotopic (exact) mass is 279 g/mol. The van der Waals surface area contributed by atoms with Crippen LogP contribution in [0.25, 0.3) is 0 Å². The first-order chi connectivity index (χ1) is 8.99. The molecule has 2 aromatic rings. The predicted octanol–water partition coefficient (Wildman–Crippen LogP) is 1.00. The van der Waals surface area contributed by atoms with Crippen molar-refractivity contribution in [2.75, 3.05) is 6.54 Å². The van der Waals surface area contributed by atoms with Gasteiger partial charge in [-0.05, 0) is 11.6 Å². The number of nitrogens with one attached hydrogen (secondary N) is 1. The Labute approximate surface area is 113 Å². The smallest absolute Gasteiger partial charge is 0.242 e. The number of nitrogens with zero attached hydrogens (tertiary/aromatic N) is 1. The molecule has 0 bridgehead atoms. The quantitative estimate of drug-likeness (QED) is 0.857. The Kier molecular flexibility index (Phi) is 4.04. The van der Waals surface area contributed by atoms with Gasteiger partial charge in [0.15, 0.2) is 0 Å². The van der Waals surface area contributed by atoms with Crippen LogP contribution in [0.2, 0.25) is 0 Å². The highest BCUT2D eigenvalue weighted by Gasteiger charge is 2.16. The number of aryl methyl sites for hydroxylation is 1. The molecule has 0 amide bonds. The van der Waals surface area contributed by atoms with Crippen molar-refractivity contribution in [3.05, 3.63) is 54.4 Å². The Bertz CT molecular complexity index is 635. The number of nitrogens with two attached hydrogens (primary N) is 1. The van der Waals surface area contributed by atoms with Crippen LogP contribution in [0.15, 0.2) is 53.7 Å². The Balaban J connectivity index is 2.03. The molecule has 1 aromatic carbocycles. The van der Waals surface area contributed by atoms with E-state index < -0.39 is 10.0 Å². The lowest BCUT2D eigenvalue weighted by atomic mass is 10.1. The maximum Gasteiger partial charge on any atom is 0.242 e. The van der Waals surface area contributed by atoms with Crippen LogP contribution < -0.4 is 10.5 Å². The van der Waals surface area contributed by atoms with E-state index >= 15 is 0 Å². The van der Waals surface area contributed by atoms with Crippen molar-refractivity contribution < 1.29 is 8.42 Å². The van der Waals surface area contributed by atoms with Gasteiger partial charge in [0.25, 0.3) is 0 Å². The molecule has 6 heteroatoms. The molecule has 0 aliphatic heterocycles. The largest absolute Gasteiger partial charge is 0.356 e. The number of hydrogen-bond acceptors (Lipinski definition) is 3. The molecule has 0 radical (unpaired) electrons. The van der Waals surface area contributed by atoms with Crippen molar-refractivity contribution in [2.24, 2.45) is 12.8 Å². The second kappa shape index (κ2) is 5.56. The van der Waals surface area contributed by atoms with Gasteiger partial charge >= 0.3 is 0 Å². The van der Waals surface area contributed by atoms with Gasteiger partial charge < -0.3 is 10.3 Å². The molecule has 2 rings (SSSR count). The summed E-state index contributed by atoms with van der Waals surface area (Å²) in [5.41, 5.74) is 6.85. The minimum Gasteiger partial charge on any atom is -0.356 e. The Hall–Kier alpha value is -1.63. The second-order valence-electron chi connectivity index (χ2n) is 4.38. The second-order valence-corrected chi connectivity index (χ2v) is 6.15. The first-order valence-electron chi connectivity index (χ1n) is 5.91. The minimum atomic E-state index is -3.49. The zero-order valence-corrected chi connectivity index (χ0v) is 11.5. The van der Waals surface area contributed by atoms with E-state index in [0.717, 1.165) is 5.56 Å². The molecule has 0 aliphatic rings. The molecule has 102 valence electrons. The summed E-state index contributed by atoms with van der Waals surface area (Å²) in [6.45, 7) is 0.168. The van der Waals surface area contributed by atoms with E-state index in [1.807, 2.05) is 30.3 Å². The summed E-state index contributed by atoms with van der Waals surface area (Å²) in [6, 6.07) is 10.6. The lowest BCUT2D eigenvalue weighted by molar-refractivity contribution is 0.572. The van der Waals surface area contributed by atoms with Crippen LogP contribution in [0, 0.1) is 0 Å². The average Bonchev–Trinajstić information content (AvgIpc) is 2.85. The third-order valence-electron chi connectivity index (χ3n) is 2.84. The number of aromatic nitrogens is 1. The van der Waals surface area contributed by atoms with E-state index in [9.17, 15) is 8.42 Å². The maximum absolute atomic E-state index is 12.0. The molecule has 1 aromatic heterocycles. The highest BCUT2D eigenvalue weighted by molar-refractivity contribution is 7.89. The van der Waals surface area contributed by atoms with Crippen LogP contribution in [0.4, 0.5) is 0 Å². The van der Waals surface area contributed by atoms with Crippen LogP contribution in [0.1, 0.15) is 11.6 Å². The van der Waals surface area contributed by atoms with Crippen LogP contribution in [-0.2, 0) is 17.1 Å². The fraction of sp³-hybridized carbons (Fsp3) is 0.231. The van der Waals surface area contributed by atoms with E-state index in [1.54, 1.807) is 30.1 Å². The van der Waals surface area contributed by atoms with Crippen molar-refractivity contribution in [1.82, 2.24) is 9.29 Å². The van der Waals surface area contributed by atoms with Crippen LogP contribution in [0.3, 0.4) is 0 Å². The van der Waals surface area contributed by atoms with Gasteiger partial charge in [0.05, 0.1) is 4.90 Å². The molecule has 5 nitrogen and oxygen atoms in total. The summed E-state index contributed by atoms with van der Waals surface area (Å²) in [4.78, 5) is 0.246. The van der Waals surface area contributed by atoms with Crippen LogP contribution in [0.5, 0.6) is 0 Å². The molecular weight excluding hydrogens is 262 g/mol. The van der Waals surface area contributed by atoms with Crippen LogP contribution in [-0.4, -0.2) is 19.5 Å². The van der Waals surface area contributed by atoms with E-state index in [4.69, 9.17) is 5.73 Å². The molecule has 0 fully saturated rings. The lowest BCUT2D eigenvalue weighted by Gasteiger charge is -2.12. The topological polar surface area (TPSA) is 77.1 Å². The summed E-state index contributed by atoms with van der Waals surface area (Å²) in [6.07, 6.45) is 3.24. The van der Waals surface area contributed by atoms with Gasteiger partial charge in [0.2, 0.25) is 10.0 Å². The fourth-order valence-corrected chi connectivity index (χ4v) is 2.85. The van der Waals surface area contributed by atoms with Gasteiger partial charge in [0, 0.05) is 32.0 Å². The Morgan fingerprint density at radius 1 is 1.26 bits per heavy atom. The molecule has 1 atom stereocenters. The molecule has 3 N–H and O–H groups in total. The third kappa shape index (κ3) is 3.44. The van der Waals surface area contributed by atoms with E-state index in [-0.39, 0.29) is 17.5 Å². The van der Waals surface area contributed by atoms with Crippen molar-refractivity contribution in [2.45, 2.75) is 10.9 Å². The zero-order chi connectivity index (χ0) is 13.9. The number of rotatable bonds is 5. The first-order valence-corrected chi connectivity index (χ1v) is 7.39. The fourth-order valence-electron chi connectivity index (χ4n) is 1.74. The van der Waals surface area contributed by atoms with Gasteiger partial charge in [-0.1, -0.05) is 30.3 Å². The highest BCUT2D eigenvalue weighted by atomic mass is 32.2. The molecule has 0 spiro atoms. The van der Waals surface area contributed by atoms with Crippen molar-refractivity contribution in [1.29, 1.82) is 0 Å². The number of benzene rings is 1. The van der Waals surface area contributed by atoms with Crippen molar-refractivity contribution in [3.63, 3.8) is 0 Å². The normalized spacial score (nSPS) is 13.4. The highest BCUT2D eigenvalue weighted by Crippen LogP contribution is 2.11. The average molecular weight is 279 g/mol. The lowest BCUT2D eigenvalue weighted by Crippen LogP contribution is -2.31. The molecule has 1 heterocycles. The van der Waals surface area contributed by atoms with Gasteiger partial charge in [-0.15, -0.1) is 0 Å². The van der Waals surface area contributed by atoms with Gasteiger partial charge in [-0.2, -0.15) is 0 Å². The SMILES string of the molecule is Cn1ccc(S(=O)(=O)NCC(N)c2ccccc2)c1. The third-order valence-corrected chi connectivity index (χ3v) is 4.24. The molecule has 1 unspecified atom stereocenters. The molecule has 0 saturated carbocycles. The maximum atomic E-state index is 12.0. The summed E-state index contributed by atoms with van der Waals surface area (Å²) in [7, 11) is -1.72. The molecule has 0 saturated heterocycles. The summed E-state index contributed by atoms with van der Waals surface area (Å²) < 4.78 is 28.2. The first kappa shape index (κ1) is 13.8. The summed E-state index contributed by atoms with van der Waals surface area (Å²) in [5.74, 6) is 0. The van der Waals surface area contributed by atoms with Crippen molar-refractivity contribution >= 4 is 10.0 Å². The summed E-state index contributed by atoms with van der Waals surface area (Å²) >= 11 is 0. The molecular formula is C13H17N3O2S. The van der Waals surface area contributed by atoms with Gasteiger partial charge in [-0.25, -0.2) is 13.1 Å². The molecule has 0 aliphatic carbocycles. The predicted molar refractivity (Wildman–Crippen MR) is 74.0 cm³/mol. The molecule has 19 heavy (non-hydrogen) atoms. The number of hydrogen-bond donors (Lipinski definition) is 2.